The zero-order valence-electron chi connectivity index (χ0n) is 12.2. The maximum Gasteiger partial charge on any atom is 3.00 e. The van der Waals surface area contributed by atoms with E-state index in [9.17, 15) is 29.7 Å². The fourth-order valence-electron chi connectivity index (χ4n) is 0.612. The molecule has 7 nitrogen and oxygen atoms in total. The van der Waals surface area contributed by atoms with Crippen LogP contribution in [0.2, 0.25) is 0 Å². The van der Waals surface area contributed by atoms with Crippen LogP contribution in [0.25, 0.3) is 0 Å². The summed E-state index contributed by atoms with van der Waals surface area (Å²) < 4.78 is 0. The molecule has 0 unspecified atom stereocenters. The maximum atomic E-state index is 9.49. The molecule has 117 valence electrons. The summed E-state index contributed by atoms with van der Waals surface area (Å²) in [6.07, 6.45) is 2.55. The molecule has 0 heterocycles. The first-order valence-corrected chi connectivity index (χ1v) is 5.91. The number of carbonyl (C=O) groups excluding carboxylic acids is 3. The van der Waals surface area contributed by atoms with Crippen molar-refractivity contribution in [3.05, 3.63) is 0 Å². The molecule has 0 fully saturated rings. The van der Waals surface area contributed by atoms with Gasteiger partial charge in [0.05, 0.1) is 0 Å². The van der Waals surface area contributed by atoms with Gasteiger partial charge in [-0.3, -0.25) is 0 Å². The van der Waals surface area contributed by atoms with E-state index < -0.39 is 17.9 Å². The molecule has 0 aliphatic rings. The minimum atomic E-state index is -0.961. The van der Waals surface area contributed by atoms with Gasteiger partial charge in [0.15, 0.2) is 0 Å². The third-order valence-electron chi connectivity index (χ3n) is 1.36. The molecule has 0 aliphatic heterocycles. The van der Waals surface area contributed by atoms with Gasteiger partial charge in [-0.25, -0.2) is 0 Å². The number of rotatable bonds is 6. The zero-order valence-corrected chi connectivity index (χ0v) is 13.8. The first kappa shape index (κ1) is 31.5. The molecule has 0 atom stereocenters. The van der Waals surface area contributed by atoms with Crippen molar-refractivity contribution in [3.8, 4) is 0 Å². The molecule has 0 aromatic carbocycles. The Balaban J connectivity index is -0.0000000536. The minimum absolute atomic E-state index is 0. The summed E-state index contributed by atoms with van der Waals surface area (Å²) in [4.78, 5) is 28.5. The summed E-state index contributed by atoms with van der Waals surface area (Å²) in [5, 5.41) is 28.5. The number of aliphatic carboxylic acids is 3. The van der Waals surface area contributed by atoms with Gasteiger partial charge in [0.1, 0.15) is 0 Å². The van der Waals surface area contributed by atoms with Crippen LogP contribution in [0.3, 0.4) is 0 Å². The molecule has 0 saturated heterocycles. The second-order valence-corrected chi connectivity index (χ2v) is 3.37. The first-order valence-electron chi connectivity index (χ1n) is 5.91. The largest absolute Gasteiger partial charge is 3.00 e. The number of carboxylic acids is 3. The van der Waals surface area contributed by atoms with Gasteiger partial charge in [-0.05, 0) is 19.3 Å². The molecule has 8 heteroatoms. The summed E-state index contributed by atoms with van der Waals surface area (Å²) in [5.41, 5.74) is 0. The van der Waals surface area contributed by atoms with E-state index in [0.29, 0.717) is 19.3 Å². The minimum Gasteiger partial charge on any atom is -0.550 e. The van der Waals surface area contributed by atoms with Crippen LogP contribution in [0.15, 0.2) is 0 Å². The quantitative estimate of drug-likeness (QED) is 0.504. The fourth-order valence-corrected chi connectivity index (χ4v) is 0.612. The molecule has 0 spiro atoms. The molecule has 0 saturated carbocycles. The Bertz CT molecular complexity index is 194. The van der Waals surface area contributed by atoms with Crippen LogP contribution in [0.4, 0.5) is 0 Å². The van der Waals surface area contributed by atoms with Crippen LogP contribution in [-0.4, -0.2) is 23.4 Å². The molecule has 0 aliphatic carbocycles. The summed E-state index contributed by atoms with van der Waals surface area (Å²) >= 11 is 0. The van der Waals surface area contributed by atoms with Gasteiger partial charge in [-0.1, -0.05) is 40.0 Å². The monoisotopic (exact) mass is 327 g/mol. The van der Waals surface area contributed by atoms with Crippen molar-refractivity contribution in [1.29, 1.82) is 0 Å². The second kappa shape index (κ2) is 26.6. The Morgan fingerprint density at radius 2 is 0.800 bits per heavy atom. The maximum absolute atomic E-state index is 9.49. The topological polar surface area (TPSA) is 152 Å². The number of carboxylic acid groups (broad SMARTS) is 3. The van der Waals surface area contributed by atoms with Gasteiger partial charge in [0.2, 0.25) is 0 Å². The Labute approximate surface area is 134 Å². The predicted octanol–water partition coefficient (Wildman–Crippen LogP) is -2.22. The molecule has 0 aromatic heterocycles. The SMILES string of the molecule is CCCC(=O)[O-].CCCC(=O)[O-].CCCC(=O)[O-].O.[Ti+3]. The van der Waals surface area contributed by atoms with E-state index in [2.05, 4.69) is 0 Å². The summed E-state index contributed by atoms with van der Waals surface area (Å²) in [5.74, 6) is -2.88. The van der Waals surface area contributed by atoms with E-state index in [1.165, 1.54) is 0 Å². The molecule has 0 bridgehead atoms. The van der Waals surface area contributed by atoms with Gasteiger partial charge in [0.25, 0.3) is 0 Å². The first-order chi connectivity index (χ1) is 8.31. The van der Waals surface area contributed by atoms with Gasteiger partial charge < -0.3 is 35.2 Å². The summed E-state index contributed by atoms with van der Waals surface area (Å²) in [7, 11) is 0. The van der Waals surface area contributed by atoms with Crippen LogP contribution in [0.5, 0.6) is 0 Å². The van der Waals surface area contributed by atoms with E-state index in [1.54, 1.807) is 20.8 Å². The molecule has 1 radical (unpaired) electrons. The van der Waals surface area contributed by atoms with Gasteiger partial charge in [-0.15, -0.1) is 0 Å². The van der Waals surface area contributed by atoms with E-state index in [0.717, 1.165) is 0 Å². The van der Waals surface area contributed by atoms with E-state index in [-0.39, 0.29) is 46.5 Å². The van der Waals surface area contributed by atoms with Gasteiger partial charge in [-0.2, -0.15) is 0 Å². The predicted molar refractivity (Wildman–Crippen MR) is 63.4 cm³/mol. The third-order valence-corrected chi connectivity index (χ3v) is 1.36. The Hall–Kier alpha value is -0.916. The number of hydrogen-bond donors (Lipinski definition) is 0. The van der Waals surface area contributed by atoms with Crippen molar-refractivity contribution < 1.29 is 56.9 Å². The van der Waals surface area contributed by atoms with E-state index in [1.807, 2.05) is 0 Å². The van der Waals surface area contributed by atoms with Crippen molar-refractivity contribution >= 4 is 17.9 Å². The number of carbonyl (C=O) groups is 3. The summed E-state index contributed by atoms with van der Waals surface area (Å²) in [6, 6.07) is 0. The van der Waals surface area contributed by atoms with Crippen molar-refractivity contribution in [2.75, 3.05) is 0 Å². The fraction of sp³-hybridized carbons (Fsp3) is 0.750. The normalized spacial score (nSPS) is 7.35. The van der Waals surface area contributed by atoms with Crippen LogP contribution < -0.4 is 15.3 Å². The van der Waals surface area contributed by atoms with Gasteiger partial charge >= 0.3 is 21.7 Å². The molecule has 0 amide bonds. The van der Waals surface area contributed by atoms with Crippen molar-refractivity contribution in [1.82, 2.24) is 0 Å². The van der Waals surface area contributed by atoms with E-state index >= 15 is 0 Å². The van der Waals surface area contributed by atoms with Gasteiger partial charge in [0, 0.05) is 17.9 Å². The molecule has 0 rings (SSSR count). The average molecular weight is 327 g/mol. The zero-order chi connectivity index (χ0) is 15.0. The Kier molecular flexibility index (Phi) is 41.9. The van der Waals surface area contributed by atoms with Crippen LogP contribution in [0, 0.1) is 0 Å². The van der Waals surface area contributed by atoms with Crippen molar-refractivity contribution in [3.63, 3.8) is 0 Å². The standard InChI is InChI=1S/3C4H8O2.H2O.Ti/c3*1-2-3-4(5)6;;/h3*2-3H2,1H3,(H,5,6);1H2;/q;;;;+3/p-3. The Morgan fingerprint density at radius 1 is 0.650 bits per heavy atom. The molecule has 0 aromatic rings. The molecule has 20 heavy (non-hydrogen) atoms. The number of hydrogen-bond acceptors (Lipinski definition) is 6. The molecular formula is C12H23O7Ti. The Morgan fingerprint density at radius 3 is 0.800 bits per heavy atom. The van der Waals surface area contributed by atoms with Crippen molar-refractivity contribution in [2.45, 2.75) is 59.3 Å². The molecule has 2 N–H and O–H groups in total. The van der Waals surface area contributed by atoms with Crippen LogP contribution >= 0.6 is 0 Å². The summed E-state index contributed by atoms with van der Waals surface area (Å²) in [6.45, 7) is 5.40. The van der Waals surface area contributed by atoms with Crippen LogP contribution in [-0.2, 0) is 36.1 Å². The van der Waals surface area contributed by atoms with E-state index in [4.69, 9.17) is 0 Å². The second-order valence-electron chi connectivity index (χ2n) is 3.37. The smallest absolute Gasteiger partial charge is 0.550 e. The van der Waals surface area contributed by atoms with Crippen molar-refractivity contribution in [2.24, 2.45) is 0 Å². The third kappa shape index (κ3) is 67.6. The molecular weight excluding hydrogens is 304 g/mol. The average Bonchev–Trinajstić information content (AvgIpc) is 2.18. The van der Waals surface area contributed by atoms with Crippen LogP contribution in [0.1, 0.15) is 59.3 Å².